The molecule has 0 spiro atoms. The highest BCUT2D eigenvalue weighted by Crippen LogP contribution is 2.32. The van der Waals surface area contributed by atoms with Crippen LogP contribution in [0, 0.1) is 0 Å². The lowest BCUT2D eigenvalue weighted by Gasteiger charge is -2.15. The van der Waals surface area contributed by atoms with Gasteiger partial charge in [-0.1, -0.05) is 6.07 Å². The van der Waals surface area contributed by atoms with Gasteiger partial charge in [-0.2, -0.15) is 0 Å². The first-order valence-corrected chi connectivity index (χ1v) is 4.07. The van der Waals surface area contributed by atoms with Gasteiger partial charge in [-0.3, -0.25) is 4.79 Å². The predicted molar refractivity (Wildman–Crippen MR) is 47.8 cm³/mol. The van der Waals surface area contributed by atoms with Crippen molar-refractivity contribution in [1.82, 2.24) is 0 Å². The molecule has 0 aromatic heterocycles. The minimum atomic E-state index is -0.0726. The molecule has 0 aliphatic carbocycles. The molecule has 1 aliphatic heterocycles. The number of aldehydes is 1. The quantitative estimate of drug-likeness (QED) is 0.710. The van der Waals surface area contributed by atoms with E-state index in [0.29, 0.717) is 23.3 Å². The molecular formula is C10H8O4. The number of fused-ring (bicyclic) bond motifs is 1. The molecule has 0 fully saturated rings. The van der Waals surface area contributed by atoms with Gasteiger partial charge in [0, 0.05) is 0 Å². The second kappa shape index (κ2) is 3.51. The molecule has 0 bridgehead atoms. The van der Waals surface area contributed by atoms with Gasteiger partial charge in [0.25, 0.3) is 0 Å². The third-order valence-electron chi connectivity index (χ3n) is 1.84. The van der Waals surface area contributed by atoms with Crippen LogP contribution >= 0.6 is 0 Å². The highest BCUT2D eigenvalue weighted by Gasteiger charge is 2.13. The molecule has 72 valence electrons. The van der Waals surface area contributed by atoms with Gasteiger partial charge in [0.05, 0.1) is 6.61 Å². The minimum Gasteiger partial charge on any atom is -0.457 e. The molecule has 1 N–H and O–H groups in total. The number of ether oxygens (including phenoxy) is 2. The summed E-state index contributed by atoms with van der Waals surface area (Å²) in [5.74, 6) is 1.10. The van der Waals surface area contributed by atoms with Crippen LogP contribution in [0.4, 0.5) is 0 Å². The standard InChI is InChI=1S/C10H8O4/c11-4-7-1-2-9-10(3-7)14-8(5-12)6-13-9/h1-3,5-6,11H,4H2. The number of carbonyl (C=O) groups is 1. The number of aliphatic hydroxyl groups excluding tert-OH is 1. The molecule has 1 aromatic carbocycles. The zero-order valence-corrected chi connectivity index (χ0v) is 7.27. The SMILES string of the molecule is O=CC1=COc2ccc(CO)cc2O1. The highest BCUT2D eigenvalue weighted by molar-refractivity contribution is 5.71. The van der Waals surface area contributed by atoms with Crippen molar-refractivity contribution < 1.29 is 19.4 Å². The van der Waals surface area contributed by atoms with Crippen LogP contribution in [0.3, 0.4) is 0 Å². The molecule has 2 rings (SSSR count). The molecule has 4 heteroatoms. The molecule has 0 unspecified atom stereocenters. The maximum Gasteiger partial charge on any atom is 0.202 e. The highest BCUT2D eigenvalue weighted by atomic mass is 16.6. The van der Waals surface area contributed by atoms with Crippen molar-refractivity contribution in [3.63, 3.8) is 0 Å². The smallest absolute Gasteiger partial charge is 0.202 e. The van der Waals surface area contributed by atoms with Crippen molar-refractivity contribution in [2.75, 3.05) is 0 Å². The third-order valence-corrected chi connectivity index (χ3v) is 1.84. The lowest BCUT2D eigenvalue weighted by Crippen LogP contribution is -2.06. The fourth-order valence-electron chi connectivity index (χ4n) is 1.15. The van der Waals surface area contributed by atoms with E-state index in [0.717, 1.165) is 0 Å². The van der Waals surface area contributed by atoms with Crippen LogP contribution in [0.1, 0.15) is 5.56 Å². The van der Waals surface area contributed by atoms with E-state index in [2.05, 4.69) is 0 Å². The largest absolute Gasteiger partial charge is 0.457 e. The van der Waals surface area contributed by atoms with E-state index in [4.69, 9.17) is 14.6 Å². The zero-order chi connectivity index (χ0) is 9.97. The van der Waals surface area contributed by atoms with Crippen LogP contribution in [0.15, 0.2) is 30.2 Å². The van der Waals surface area contributed by atoms with E-state index in [-0.39, 0.29) is 12.4 Å². The van der Waals surface area contributed by atoms with Gasteiger partial charge in [0.15, 0.2) is 17.8 Å². The summed E-state index contributed by atoms with van der Waals surface area (Å²) in [6.07, 6.45) is 1.81. The molecule has 4 nitrogen and oxygen atoms in total. The van der Waals surface area contributed by atoms with Crippen molar-refractivity contribution in [2.24, 2.45) is 0 Å². The van der Waals surface area contributed by atoms with Gasteiger partial charge in [-0.15, -0.1) is 0 Å². The number of carbonyl (C=O) groups excluding carboxylic acids is 1. The fourth-order valence-corrected chi connectivity index (χ4v) is 1.15. The molecular weight excluding hydrogens is 184 g/mol. The summed E-state index contributed by atoms with van der Waals surface area (Å²) in [5.41, 5.74) is 0.708. The van der Waals surface area contributed by atoms with E-state index in [1.165, 1.54) is 6.26 Å². The number of hydrogen-bond donors (Lipinski definition) is 1. The van der Waals surface area contributed by atoms with Crippen molar-refractivity contribution in [3.05, 3.63) is 35.8 Å². The Balaban J connectivity index is 2.34. The topological polar surface area (TPSA) is 55.8 Å². The Labute approximate surface area is 80.4 Å². The Morgan fingerprint density at radius 3 is 2.93 bits per heavy atom. The molecule has 0 amide bonds. The van der Waals surface area contributed by atoms with Crippen molar-refractivity contribution in [1.29, 1.82) is 0 Å². The molecule has 0 saturated carbocycles. The summed E-state index contributed by atoms with van der Waals surface area (Å²) < 4.78 is 10.3. The Morgan fingerprint density at radius 1 is 1.36 bits per heavy atom. The Bertz CT molecular complexity index is 395. The second-order valence-corrected chi connectivity index (χ2v) is 2.80. The Hall–Kier alpha value is -1.81. The molecule has 1 heterocycles. The van der Waals surface area contributed by atoms with Crippen molar-refractivity contribution >= 4 is 6.29 Å². The first-order chi connectivity index (χ1) is 6.83. The Kier molecular flexibility index (Phi) is 2.20. The zero-order valence-electron chi connectivity index (χ0n) is 7.27. The molecule has 0 saturated heterocycles. The normalized spacial score (nSPS) is 13.4. The van der Waals surface area contributed by atoms with Crippen LogP contribution < -0.4 is 9.47 Å². The monoisotopic (exact) mass is 192 g/mol. The summed E-state index contributed by atoms with van der Waals surface area (Å²) in [6, 6.07) is 5.03. The maximum atomic E-state index is 10.4. The third kappa shape index (κ3) is 1.47. The van der Waals surface area contributed by atoms with E-state index >= 15 is 0 Å². The van der Waals surface area contributed by atoms with E-state index in [9.17, 15) is 4.79 Å². The van der Waals surface area contributed by atoms with Gasteiger partial charge in [-0.05, 0) is 17.7 Å². The molecule has 1 aliphatic rings. The van der Waals surface area contributed by atoms with Gasteiger partial charge >= 0.3 is 0 Å². The minimum absolute atomic E-state index is 0.0726. The number of hydrogen-bond acceptors (Lipinski definition) is 4. The van der Waals surface area contributed by atoms with Gasteiger partial charge in [0.1, 0.15) is 6.26 Å². The molecule has 0 radical (unpaired) electrons. The lowest BCUT2D eigenvalue weighted by atomic mass is 10.2. The number of aliphatic hydroxyl groups is 1. The summed E-state index contributed by atoms with van der Waals surface area (Å²) in [6.45, 7) is -0.0726. The molecule has 14 heavy (non-hydrogen) atoms. The summed E-state index contributed by atoms with van der Waals surface area (Å²) in [7, 11) is 0. The van der Waals surface area contributed by atoms with Gasteiger partial charge < -0.3 is 14.6 Å². The summed E-state index contributed by atoms with van der Waals surface area (Å²) >= 11 is 0. The molecule has 0 atom stereocenters. The first kappa shape index (κ1) is 8.77. The first-order valence-electron chi connectivity index (χ1n) is 4.07. The van der Waals surface area contributed by atoms with Crippen molar-refractivity contribution in [3.8, 4) is 11.5 Å². The maximum absolute atomic E-state index is 10.4. The van der Waals surface area contributed by atoms with Crippen LogP contribution in [0.2, 0.25) is 0 Å². The average Bonchev–Trinajstić information content (AvgIpc) is 2.27. The summed E-state index contributed by atoms with van der Waals surface area (Å²) in [5, 5.41) is 8.88. The van der Waals surface area contributed by atoms with Gasteiger partial charge in [0.2, 0.25) is 5.76 Å². The van der Waals surface area contributed by atoms with Crippen LogP contribution in [0.25, 0.3) is 0 Å². The predicted octanol–water partition coefficient (Wildman–Crippen LogP) is 0.990. The van der Waals surface area contributed by atoms with Crippen LogP contribution in [0.5, 0.6) is 11.5 Å². The fraction of sp³-hybridized carbons (Fsp3) is 0.100. The molecule has 1 aromatic rings. The van der Waals surface area contributed by atoms with Crippen molar-refractivity contribution in [2.45, 2.75) is 6.61 Å². The number of benzene rings is 1. The number of rotatable bonds is 2. The van der Waals surface area contributed by atoms with Gasteiger partial charge in [-0.25, -0.2) is 0 Å². The number of allylic oxidation sites excluding steroid dienone is 1. The summed E-state index contributed by atoms with van der Waals surface area (Å²) in [4.78, 5) is 10.4. The lowest BCUT2D eigenvalue weighted by molar-refractivity contribution is -0.106. The van der Waals surface area contributed by atoms with E-state index < -0.39 is 0 Å². The van der Waals surface area contributed by atoms with E-state index in [1.807, 2.05) is 0 Å². The van der Waals surface area contributed by atoms with Crippen LogP contribution in [-0.2, 0) is 11.4 Å². The van der Waals surface area contributed by atoms with E-state index in [1.54, 1.807) is 18.2 Å². The average molecular weight is 192 g/mol. The second-order valence-electron chi connectivity index (χ2n) is 2.80. The Morgan fingerprint density at radius 2 is 2.21 bits per heavy atom. The van der Waals surface area contributed by atoms with Crippen LogP contribution in [-0.4, -0.2) is 11.4 Å².